The number of unbranched alkanes of at least 4 members (excludes halogenated alkanes) is 1. The minimum atomic E-state index is -0.851. The van der Waals surface area contributed by atoms with E-state index in [0.717, 1.165) is 6.54 Å². The van der Waals surface area contributed by atoms with E-state index in [0.29, 0.717) is 48.4 Å². The Balaban J connectivity index is 1.52. The Labute approximate surface area is 176 Å². The number of carbonyl (C=O) groups is 2. The van der Waals surface area contributed by atoms with Crippen molar-refractivity contribution >= 4 is 11.8 Å². The number of hydrogen-bond acceptors (Lipinski definition) is 7. The maximum Gasteiger partial charge on any atom is 0.294 e. The zero-order valence-electron chi connectivity index (χ0n) is 17.5. The van der Waals surface area contributed by atoms with E-state index in [4.69, 9.17) is 4.74 Å². The molecule has 0 N–H and O–H groups in total. The van der Waals surface area contributed by atoms with Gasteiger partial charge in [-0.05, 0) is 57.7 Å². The van der Waals surface area contributed by atoms with Gasteiger partial charge in [-0.25, -0.2) is 0 Å². The highest BCUT2D eigenvalue weighted by Gasteiger charge is 2.35. The van der Waals surface area contributed by atoms with Crippen LogP contribution in [0.5, 0.6) is 5.75 Å². The molecule has 3 rings (SSSR count). The van der Waals surface area contributed by atoms with Crippen molar-refractivity contribution in [2.24, 2.45) is 0 Å². The van der Waals surface area contributed by atoms with Crippen LogP contribution < -0.4 is 4.74 Å². The van der Waals surface area contributed by atoms with Crippen LogP contribution >= 0.6 is 0 Å². The Morgan fingerprint density at radius 1 is 1.03 bits per heavy atom. The van der Waals surface area contributed by atoms with Crippen molar-refractivity contribution in [1.29, 1.82) is 0 Å². The second-order valence-corrected chi connectivity index (χ2v) is 7.95. The summed E-state index contributed by atoms with van der Waals surface area (Å²) >= 11 is 0. The Morgan fingerprint density at radius 2 is 1.73 bits per heavy atom. The highest BCUT2D eigenvalue weighted by molar-refractivity contribution is 6.21. The second kappa shape index (κ2) is 9.88. The van der Waals surface area contributed by atoms with Gasteiger partial charge in [0.1, 0.15) is 12.4 Å². The van der Waals surface area contributed by atoms with Gasteiger partial charge >= 0.3 is 0 Å². The predicted molar refractivity (Wildman–Crippen MR) is 109 cm³/mol. The molecule has 1 aromatic rings. The van der Waals surface area contributed by atoms with Gasteiger partial charge in [-0.2, -0.15) is 0 Å². The number of rotatable bonds is 10. The summed E-state index contributed by atoms with van der Waals surface area (Å²) in [5.74, 6) is -0.116. The van der Waals surface area contributed by atoms with E-state index in [2.05, 4.69) is 23.6 Å². The molecule has 30 heavy (non-hydrogen) atoms. The zero-order valence-corrected chi connectivity index (χ0v) is 17.5. The van der Waals surface area contributed by atoms with Crippen LogP contribution in [-0.2, 0) is 4.84 Å². The summed E-state index contributed by atoms with van der Waals surface area (Å²) in [6.45, 7) is 5.98. The second-order valence-electron chi connectivity index (χ2n) is 7.95. The summed E-state index contributed by atoms with van der Waals surface area (Å²) in [6.07, 6.45) is 4.49. The summed E-state index contributed by atoms with van der Waals surface area (Å²) in [5.41, 5.74) is 0.714. The third-order valence-electron chi connectivity index (χ3n) is 5.91. The van der Waals surface area contributed by atoms with Crippen molar-refractivity contribution in [3.63, 3.8) is 0 Å². The molecule has 9 heteroatoms. The van der Waals surface area contributed by atoms with Crippen LogP contribution in [0, 0.1) is 10.1 Å². The molecule has 2 amide bonds. The molecule has 0 saturated carbocycles. The van der Waals surface area contributed by atoms with E-state index in [1.165, 1.54) is 24.2 Å². The van der Waals surface area contributed by atoms with Gasteiger partial charge in [0.25, 0.3) is 16.9 Å². The molecule has 0 aromatic heterocycles. The number of likely N-dealkylation sites (tertiary alicyclic amines) is 1. The number of benzene rings is 1. The van der Waals surface area contributed by atoms with Gasteiger partial charge in [-0.15, -0.1) is 10.1 Å². The predicted octanol–water partition coefficient (Wildman–Crippen LogP) is 2.91. The molecule has 0 radical (unpaired) electrons. The van der Waals surface area contributed by atoms with Gasteiger partial charge in [-0.3, -0.25) is 19.4 Å². The molecule has 164 valence electrons. The average Bonchev–Trinajstić information content (AvgIpc) is 2.94. The fourth-order valence-corrected chi connectivity index (χ4v) is 4.26. The number of piperidine rings is 1. The summed E-state index contributed by atoms with van der Waals surface area (Å²) in [4.78, 5) is 43.2. The summed E-state index contributed by atoms with van der Waals surface area (Å²) < 4.78 is 5.88. The lowest BCUT2D eigenvalue weighted by atomic mass is 9.98. The Hall–Kier alpha value is -2.68. The van der Waals surface area contributed by atoms with E-state index in [1.807, 2.05) is 0 Å². The zero-order chi connectivity index (χ0) is 21.7. The molecule has 0 aliphatic carbocycles. The summed E-state index contributed by atoms with van der Waals surface area (Å²) in [5, 5.41) is 9.30. The van der Waals surface area contributed by atoms with Gasteiger partial charge < -0.3 is 9.57 Å². The lowest BCUT2D eigenvalue weighted by Crippen LogP contribution is -2.45. The number of amides is 2. The maximum atomic E-state index is 12.6. The molecular formula is C21H29N3O6. The third-order valence-corrected chi connectivity index (χ3v) is 5.91. The van der Waals surface area contributed by atoms with Gasteiger partial charge in [0.05, 0.1) is 17.7 Å². The van der Waals surface area contributed by atoms with Crippen LogP contribution in [0.1, 0.15) is 66.7 Å². The van der Waals surface area contributed by atoms with Crippen molar-refractivity contribution in [3.05, 3.63) is 39.4 Å². The first-order chi connectivity index (χ1) is 14.4. The number of nitrogens with zero attached hydrogens (tertiary/aromatic N) is 3. The van der Waals surface area contributed by atoms with Crippen LogP contribution in [0.2, 0.25) is 0 Å². The van der Waals surface area contributed by atoms with Gasteiger partial charge in [0.2, 0.25) is 0 Å². The smallest absolute Gasteiger partial charge is 0.294 e. The number of imide groups is 1. The molecule has 2 unspecified atom stereocenters. The SMILES string of the molecule is CC1CCCC(C)N1CCOc1ccc2c(c1)C(=O)N(CCCCO[N+](=O)[O-])C2=O. The van der Waals surface area contributed by atoms with Gasteiger partial charge in [0.15, 0.2) is 0 Å². The van der Waals surface area contributed by atoms with Gasteiger partial charge in [-0.1, -0.05) is 6.42 Å². The molecule has 0 spiro atoms. The van der Waals surface area contributed by atoms with Crippen molar-refractivity contribution in [3.8, 4) is 5.75 Å². The highest BCUT2D eigenvalue weighted by atomic mass is 16.9. The fourth-order valence-electron chi connectivity index (χ4n) is 4.26. The number of ether oxygens (including phenoxy) is 1. The molecule has 1 fully saturated rings. The standard InChI is InChI=1S/C21H29N3O6/c1-15-6-5-7-16(2)22(15)11-13-29-17-8-9-18-19(14-17)21(26)23(20(18)25)10-3-4-12-30-24(27)28/h8-9,14-16H,3-7,10-13H2,1-2H3. The van der Waals surface area contributed by atoms with Crippen LogP contribution in [0.3, 0.4) is 0 Å². The van der Waals surface area contributed by atoms with E-state index in [1.54, 1.807) is 18.2 Å². The molecule has 2 heterocycles. The molecule has 2 aliphatic rings. The molecule has 9 nitrogen and oxygen atoms in total. The minimum absolute atomic E-state index is 0.0532. The van der Waals surface area contributed by atoms with Gasteiger partial charge in [0, 0.05) is 25.2 Å². The minimum Gasteiger partial charge on any atom is -0.492 e. The van der Waals surface area contributed by atoms with Crippen LogP contribution in [0.4, 0.5) is 0 Å². The summed E-state index contributed by atoms with van der Waals surface area (Å²) in [7, 11) is 0. The van der Waals surface area contributed by atoms with Crippen LogP contribution in [-0.4, -0.2) is 65.1 Å². The van der Waals surface area contributed by atoms with Crippen LogP contribution in [0.25, 0.3) is 0 Å². The molecule has 2 aliphatic heterocycles. The van der Waals surface area contributed by atoms with Crippen molar-refractivity contribution in [2.75, 3.05) is 26.3 Å². The van der Waals surface area contributed by atoms with E-state index < -0.39 is 5.09 Å². The lowest BCUT2D eigenvalue weighted by Gasteiger charge is -2.38. The molecule has 1 saturated heterocycles. The fraction of sp³-hybridized carbons (Fsp3) is 0.619. The molecule has 1 aromatic carbocycles. The molecule has 2 atom stereocenters. The maximum absolute atomic E-state index is 12.6. The molecular weight excluding hydrogens is 390 g/mol. The Morgan fingerprint density at radius 3 is 2.43 bits per heavy atom. The lowest BCUT2D eigenvalue weighted by molar-refractivity contribution is -0.757. The van der Waals surface area contributed by atoms with Crippen molar-refractivity contribution in [2.45, 2.75) is 58.0 Å². The van der Waals surface area contributed by atoms with Crippen molar-refractivity contribution < 1.29 is 24.3 Å². The van der Waals surface area contributed by atoms with E-state index >= 15 is 0 Å². The first kappa shape index (κ1) is 22.0. The van der Waals surface area contributed by atoms with E-state index in [9.17, 15) is 19.7 Å². The Kier molecular flexibility index (Phi) is 7.25. The number of carbonyl (C=O) groups excluding carboxylic acids is 2. The number of fused-ring (bicyclic) bond motifs is 1. The quantitative estimate of drug-likeness (QED) is 0.249. The Bertz CT molecular complexity index is 789. The van der Waals surface area contributed by atoms with E-state index in [-0.39, 0.29) is 25.0 Å². The molecule has 0 bridgehead atoms. The number of hydrogen-bond donors (Lipinski definition) is 0. The van der Waals surface area contributed by atoms with Crippen LogP contribution in [0.15, 0.2) is 18.2 Å². The van der Waals surface area contributed by atoms with Crippen molar-refractivity contribution in [1.82, 2.24) is 9.80 Å². The highest BCUT2D eigenvalue weighted by Crippen LogP contribution is 2.27. The normalized spacial score (nSPS) is 21.6. The first-order valence-electron chi connectivity index (χ1n) is 10.5. The first-order valence-corrected chi connectivity index (χ1v) is 10.5. The monoisotopic (exact) mass is 419 g/mol. The third kappa shape index (κ3) is 5.08. The summed E-state index contributed by atoms with van der Waals surface area (Å²) in [6, 6.07) is 6.07. The topological polar surface area (TPSA) is 102 Å². The largest absolute Gasteiger partial charge is 0.492 e. The average molecular weight is 419 g/mol.